The summed E-state index contributed by atoms with van der Waals surface area (Å²) < 4.78 is 5.86. The number of amides is 2. The van der Waals surface area contributed by atoms with Crippen LogP contribution in [0.2, 0.25) is 0 Å². The van der Waals surface area contributed by atoms with Gasteiger partial charge in [0.2, 0.25) is 5.91 Å². The van der Waals surface area contributed by atoms with Crippen molar-refractivity contribution >= 4 is 23.2 Å². The minimum absolute atomic E-state index is 0.0563. The summed E-state index contributed by atoms with van der Waals surface area (Å²) in [4.78, 5) is 24.1. The number of ether oxygens (including phenoxy) is 1. The number of nitrogens with one attached hydrogen (secondary N) is 2. The predicted octanol–water partition coefficient (Wildman–Crippen LogP) is 4.23. The monoisotopic (exact) mass is 344 g/mol. The molecule has 5 nitrogen and oxygen atoms in total. The first-order valence-corrected chi connectivity index (χ1v) is 8.25. The topological polar surface area (TPSA) is 67.4 Å². The van der Waals surface area contributed by atoms with Crippen LogP contribution in [0.25, 0.3) is 0 Å². The van der Waals surface area contributed by atoms with Crippen LogP contribution in [0.15, 0.2) is 72.8 Å². The van der Waals surface area contributed by atoms with Crippen LogP contribution in [0.5, 0.6) is 11.5 Å². The van der Waals surface area contributed by atoms with Crippen molar-refractivity contribution < 1.29 is 14.3 Å². The third kappa shape index (κ3) is 3.28. The summed E-state index contributed by atoms with van der Waals surface area (Å²) in [6.07, 6.45) is 0.296. The van der Waals surface area contributed by atoms with Crippen molar-refractivity contribution in [2.24, 2.45) is 0 Å². The van der Waals surface area contributed by atoms with Gasteiger partial charge in [-0.1, -0.05) is 30.3 Å². The molecule has 3 aromatic carbocycles. The highest BCUT2D eigenvalue weighted by Crippen LogP contribution is 2.30. The summed E-state index contributed by atoms with van der Waals surface area (Å²) in [5, 5.41) is 5.64. The average molecular weight is 344 g/mol. The van der Waals surface area contributed by atoms with E-state index in [9.17, 15) is 9.59 Å². The molecular formula is C21H16N2O3. The standard InChI is InChI=1S/C21H16N2O3/c24-20-13-15-12-14(10-11-17(15)22-20)21(25)23-18-8-4-5-9-19(18)26-16-6-2-1-3-7-16/h1-12H,13H2,(H,22,24)(H,23,25). The summed E-state index contributed by atoms with van der Waals surface area (Å²) in [6.45, 7) is 0. The molecule has 4 rings (SSSR count). The molecule has 0 saturated carbocycles. The lowest BCUT2D eigenvalue weighted by atomic mass is 10.1. The van der Waals surface area contributed by atoms with Crippen molar-refractivity contribution in [3.63, 3.8) is 0 Å². The number of carbonyl (C=O) groups excluding carboxylic acids is 2. The molecule has 1 heterocycles. The summed E-state index contributed by atoms with van der Waals surface area (Å²) in [6, 6.07) is 21.8. The van der Waals surface area contributed by atoms with E-state index in [1.807, 2.05) is 42.5 Å². The van der Waals surface area contributed by atoms with Gasteiger partial charge in [-0.2, -0.15) is 0 Å². The Morgan fingerprint density at radius 1 is 0.962 bits per heavy atom. The van der Waals surface area contributed by atoms with Gasteiger partial charge in [0.1, 0.15) is 5.75 Å². The van der Waals surface area contributed by atoms with Gasteiger partial charge in [-0.25, -0.2) is 0 Å². The maximum atomic E-state index is 12.6. The molecule has 0 spiro atoms. The van der Waals surface area contributed by atoms with Crippen LogP contribution in [0.3, 0.4) is 0 Å². The summed E-state index contributed by atoms with van der Waals surface area (Å²) >= 11 is 0. The maximum absolute atomic E-state index is 12.6. The van der Waals surface area contributed by atoms with Crippen molar-refractivity contribution in [3.05, 3.63) is 83.9 Å². The SMILES string of the molecule is O=C1Cc2cc(C(=O)Nc3ccccc3Oc3ccccc3)ccc2N1. The summed E-state index contributed by atoms with van der Waals surface area (Å²) in [5.74, 6) is 0.941. The number of hydrogen-bond acceptors (Lipinski definition) is 3. The van der Waals surface area contributed by atoms with E-state index < -0.39 is 0 Å². The van der Waals surface area contributed by atoms with Gasteiger partial charge in [-0.05, 0) is 48.0 Å². The van der Waals surface area contributed by atoms with E-state index in [2.05, 4.69) is 10.6 Å². The van der Waals surface area contributed by atoms with E-state index in [0.717, 1.165) is 11.3 Å². The van der Waals surface area contributed by atoms with Crippen LogP contribution in [0.4, 0.5) is 11.4 Å². The number of benzene rings is 3. The molecule has 0 saturated heterocycles. The van der Waals surface area contributed by atoms with Crippen molar-refractivity contribution in [3.8, 4) is 11.5 Å². The third-order valence-corrected chi connectivity index (χ3v) is 4.10. The Kier molecular flexibility index (Phi) is 4.11. The molecule has 0 radical (unpaired) electrons. The molecule has 0 aliphatic carbocycles. The number of hydrogen-bond donors (Lipinski definition) is 2. The van der Waals surface area contributed by atoms with Crippen molar-refractivity contribution in [2.45, 2.75) is 6.42 Å². The van der Waals surface area contributed by atoms with E-state index in [1.165, 1.54) is 0 Å². The molecule has 0 fully saturated rings. The Labute approximate surface area is 150 Å². The molecule has 5 heteroatoms. The molecule has 1 aliphatic heterocycles. The third-order valence-electron chi connectivity index (χ3n) is 4.10. The Hall–Kier alpha value is -3.60. The van der Waals surface area contributed by atoms with E-state index in [-0.39, 0.29) is 11.8 Å². The van der Waals surface area contributed by atoms with Gasteiger partial charge in [0.15, 0.2) is 5.75 Å². The van der Waals surface area contributed by atoms with Gasteiger partial charge in [-0.15, -0.1) is 0 Å². The van der Waals surface area contributed by atoms with Crippen LogP contribution in [-0.4, -0.2) is 11.8 Å². The molecule has 128 valence electrons. The molecule has 3 aromatic rings. The highest BCUT2D eigenvalue weighted by atomic mass is 16.5. The Morgan fingerprint density at radius 2 is 1.73 bits per heavy atom. The zero-order valence-corrected chi connectivity index (χ0v) is 13.9. The summed E-state index contributed by atoms with van der Waals surface area (Å²) in [7, 11) is 0. The lowest BCUT2D eigenvalue weighted by Gasteiger charge is -2.12. The van der Waals surface area contributed by atoms with Crippen LogP contribution < -0.4 is 15.4 Å². The van der Waals surface area contributed by atoms with Crippen molar-refractivity contribution in [1.29, 1.82) is 0 Å². The molecule has 0 unspecified atom stereocenters. The first kappa shape index (κ1) is 15.9. The highest BCUT2D eigenvalue weighted by Gasteiger charge is 2.19. The predicted molar refractivity (Wildman–Crippen MR) is 99.7 cm³/mol. The quantitative estimate of drug-likeness (QED) is 0.744. The Morgan fingerprint density at radius 3 is 2.58 bits per heavy atom. The molecule has 2 N–H and O–H groups in total. The molecule has 0 atom stereocenters. The molecular weight excluding hydrogens is 328 g/mol. The lowest BCUT2D eigenvalue weighted by Crippen LogP contribution is -2.12. The normalized spacial score (nSPS) is 12.2. The summed E-state index contributed by atoms with van der Waals surface area (Å²) in [5.41, 5.74) is 2.67. The minimum Gasteiger partial charge on any atom is -0.455 e. The zero-order chi connectivity index (χ0) is 17.9. The van der Waals surface area contributed by atoms with E-state index in [4.69, 9.17) is 4.74 Å². The van der Waals surface area contributed by atoms with Crippen molar-refractivity contribution in [1.82, 2.24) is 0 Å². The number of para-hydroxylation sites is 3. The largest absolute Gasteiger partial charge is 0.455 e. The number of anilines is 2. The van der Waals surface area contributed by atoms with Gasteiger partial charge in [-0.3, -0.25) is 9.59 Å². The molecule has 0 aromatic heterocycles. The fraction of sp³-hybridized carbons (Fsp3) is 0.0476. The van der Waals surface area contributed by atoms with E-state index >= 15 is 0 Å². The Balaban J connectivity index is 1.55. The highest BCUT2D eigenvalue weighted by molar-refractivity contribution is 6.07. The molecule has 26 heavy (non-hydrogen) atoms. The van der Waals surface area contributed by atoms with Crippen LogP contribution >= 0.6 is 0 Å². The Bertz CT molecular complexity index is 984. The van der Waals surface area contributed by atoms with E-state index in [0.29, 0.717) is 29.2 Å². The number of fused-ring (bicyclic) bond motifs is 1. The zero-order valence-electron chi connectivity index (χ0n) is 13.9. The fourth-order valence-corrected chi connectivity index (χ4v) is 2.84. The van der Waals surface area contributed by atoms with Gasteiger partial charge in [0, 0.05) is 11.3 Å². The number of rotatable bonds is 4. The lowest BCUT2D eigenvalue weighted by molar-refractivity contribution is -0.115. The first-order valence-electron chi connectivity index (χ1n) is 8.25. The fourth-order valence-electron chi connectivity index (χ4n) is 2.84. The second-order valence-electron chi connectivity index (χ2n) is 5.96. The second kappa shape index (κ2) is 6.72. The van der Waals surface area contributed by atoms with Gasteiger partial charge < -0.3 is 15.4 Å². The van der Waals surface area contributed by atoms with E-state index in [1.54, 1.807) is 30.3 Å². The van der Waals surface area contributed by atoms with Crippen molar-refractivity contribution in [2.75, 3.05) is 10.6 Å². The smallest absolute Gasteiger partial charge is 0.255 e. The van der Waals surface area contributed by atoms with Crippen LogP contribution in [0, 0.1) is 0 Å². The van der Waals surface area contributed by atoms with Crippen LogP contribution in [0.1, 0.15) is 15.9 Å². The average Bonchev–Trinajstić information content (AvgIpc) is 3.03. The molecule has 1 aliphatic rings. The molecule has 0 bridgehead atoms. The number of carbonyl (C=O) groups is 2. The maximum Gasteiger partial charge on any atom is 0.255 e. The minimum atomic E-state index is -0.253. The van der Waals surface area contributed by atoms with Crippen LogP contribution in [-0.2, 0) is 11.2 Å². The molecule has 2 amide bonds. The van der Waals surface area contributed by atoms with Gasteiger partial charge in [0.05, 0.1) is 12.1 Å². The van der Waals surface area contributed by atoms with Gasteiger partial charge in [0.25, 0.3) is 5.91 Å². The van der Waals surface area contributed by atoms with Gasteiger partial charge >= 0.3 is 0 Å². The first-order chi connectivity index (χ1) is 12.7. The second-order valence-corrected chi connectivity index (χ2v) is 5.96.